The maximum absolute atomic E-state index is 10.3. The van der Waals surface area contributed by atoms with E-state index in [2.05, 4.69) is 0 Å². The van der Waals surface area contributed by atoms with Crippen LogP contribution in [-0.4, -0.2) is 42.7 Å². The second-order valence-corrected chi connectivity index (χ2v) is 4.10. The highest BCUT2D eigenvalue weighted by Gasteiger charge is 2.50. The van der Waals surface area contributed by atoms with Gasteiger partial charge in [0.15, 0.2) is 0 Å². The molecule has 76 valence electrons. The topological polar surface area (TPSA) is 64.7 Å². The van der Waals surface area contributed by atoms with E-state index < -0.39 is 11.1 Å². The molecule has 4 heteroatoms. The van der Waals surface area contributed by atoms with Gasteiger partial charge in [-0.25, -0.2) is 0 Å². The van der Waals surface area contributed by atoms with Gasteiger partial charge in [-0.2, -0.15) is 0 Å². The summed E-state index contributed by atoms with van der Waals surface area (Å²) in [6.45, 7) is 2.36. The Morgan fingerprint density at radius 2 is 1.62 bits per heavy atom. The van der Waals surface area contributed by atoms with Crippen LogP contribution in [0.25, 0.3) is 0 Å². The van der Waals surface area contributed by atoms with Crippen LogP contribution in [0.4, 0.5) is 0 Å². The quantitative estimate of drug-likeness (QED) is 0.588. The van der Waals surface area contributed by atoms with Crippen molar-refractivity contribution in [1.82, 2.24) is 0 Å². The van der Waals surface area contributed by atoms with E-state index >= 15 is 0 Å². The van der Waals surface area contributed by atoms with Gasteiger partial charge in [0, 0.05) is 32.7 Å². The molecule has 0 bridgehead atoms. The van der Waals surface area contributed by atoms with Gasteiger partial charge in [0.2, 0.25) is 0 Å². The Morgan fingerprint density at radius 1 is 1.00 bits per heavy atom. The molecule has 4 nitrogen and oxygen atoms in total. The number of hydrogen-bond acceptors (Lipinski definition) is 4. The summed E-state index contributed by atoms with van der Waals surface area (Å²) in [4.78, 5) is 0. The van der Waals surface area contributed by atoms with Crippen LogP contribution in [0, 0.1) is 0 Å². The Kier molecular flexibility index (Phi) is 2.32. The number of aliphatic hydroxyl groups is 1. The van der Waals surface area contributed by atoms with Crippen molar-refractivity contribution < 1.29 is 14.6 Å². The first kappa shape index (κ1) is 9.40. The molecular weight excluding hydrogens is 170 g/mol. The van der Waals surface area contributed by atoms with Crippen LogP contribution in [-0.2, 0) is 9.47 Å². The molecule has 0 radical (unpaired) electrons. The molecule has 2 saturated heterocycles. The van der Waals surface area contributed by atoms with Crippen molar-refractivity contribution in [2.24, 2.45) is 5.73 Å². The molecular formula is C9H17NO3. The van der Waals surface area contributed by atoms with Crippen molar-refractivity contribution in [3.05, 3.63) is 0 Å². The molecule has 2 aliphatic rings. The highest BCUT2D eigenvalue weighted by Crippen LogP contribution is 2.35. The smallest absolute Gasteiger partial charge is 0.0893 e. The standard InChI is InChI=1S/C9H17NO3/c10-8(1-4-13-7-8)9(11)2-5-12-6-3-9/h11H,1-7,10H2. The van der Waals surface area contributed by atoms with Gasteiger partial charge < -0.3 is 20.3 Å². The Labute approximate surface area is 78.0 Å². The summed E-state index contributed by atoms with van der Waals surface area (Å²) >= 11 is 0. The van der Waals surface area contributed by atoms with E-state index in [0.717, 1.165) is 6.42 Å². The van der Waals surface area contributed by atoms with Gasteiger partial charge in [-0.3, -0.25) is 0 Å². The van der Waals surface area contributed by atoms with Crippen LogP contribution >= 0.6 is 0 Å². The summed E-state index contributed by atoms with van der Waals surface area (Å²) in [5.41, 5.74) is 4.82. The van der Waals surface area contributed by atoms with E-state index in [1.165, 1.54) is 0 Å². The molecule has 0 saturated carbocycles. The van der Waals surface area contributed by atoms with E-state index in [0.29, 0.717) is 39.3 Å². The highest BCUT2D eigenvalue weighted by atomic mass is 16.5. The van der Waals surface area contributed by atoms with Gasteiger partial charge in [-0.05, 0) is 6.42 Å². The molecule has 2 rings (SSSR count). The summed E-state index contributed by atoms with van der Waals surface area (Å²) in [6, 6.07) is 0. The van der Waals surface area contributed by atoms with Crippen molar-refractivity contribution in [2.75, 3.05) is 26.4 Å². The lowest BCUT2D eigenvalue weighted by Crippen LogP contribution is -2.63. The van der Waals surface area contributed by atoms with E-state index in [4.69, 9.17) is 15.2 Å². The van der Waals surface area contributed by atoms with Crippen LogP contribution < -0.4 is 5.73 Å². The molecule has 0 aromatic rings. The zero-order valence-electron chi connectivity index (χ0n) is 7.79. The molecule has 3 N–H and O–H groups in total. The number of hydrogen-bond donors (Lipinski definition) is 2. The minimum absolute atomic E-state index is 0.476. The van der Waals surface area contributed by atoms with Crippen molar-refractivity contribution in [3.8, 4) is 0 Å². The average Bonchev–Trinajstić information content (AvgIpc) is 2.55. The maximum Gasteiger partial charge on any atom is 0.0893 e. The predicted octanol–water partition coefficient (Wildman–Crippen LogP) is -0.354. The Morgan fingerprint density at radius 3 is 2.15 bits per heavy atom. The van der Waals surface area contributed by atoms with Crippen LogP contribution in [0.3, 0.4) is 0 Å². The zero-order valence-corrected chi connectivity index (χ0v) is 7.79. The van der Waals surface area contributed by atoms with Gasteiger partial charge in [0.1, 0.15) is 0 Å². The summed E-state index contributed by atoms with van der Waals surface area (Å²) < 4.78 is 10.5. The molecule has 1 unspecified atom stereocenters. The molecule has 2 fully saturated rings. The molecule has 0 amide bonds. The van der Waals surface area contributed by atoms with Gasteiger partial charge in [0.05, 0.1) is 17.7 Å². The van der Waals surface area contributed by atoms with Crippen molar-refractivity contribution >= 4 is 0 Å². The van der Waals surface area contributed by atoms with Gasteiger partial charge in [0.25, 0.3) is 0 Å². The Hall–Kier alpha value is -0.160. The van der Waals surface area contributed by atoms with Crippen LogP contribution in [0.1, 0.15) is 19.3 Å². The third-order valence-electron chi connectivity index (χ3n) is 3.30. The lowest BCUT2D eigenvalue weighted by Gasteiger charge is -2.43. The van der Waals surface area contributed by atoms with Gasteiger partial charge in [-0.1, -0.05) is 0 Å². The first-order valence-corrected chi connectivity index (χ1v) is 4.83. The lowest BCUT2D eigenvalue weighted by atomic mass is 9.75. The normalized spacial score (nSPS) is 39.2. The molecule has 13 heavy (non-hydrogen) atoms. The maximum atomic E-state index is 10.3. The monoisotopic (exact) mass is 187 g/mol. The third-order valence-corrected chi connectivity index (χ3v) is 3.30. The van der Waals surface area contributed by atoms with Gasteiger partial charge in [-0.15, -0.1) is 0 Å². The second kappa shape index (κ2) is 3.20. The first-order valence-electron chi connectivity index (χ1n) is 4.83. The van der Waals surface area contributed by atoms with Crippen molar-refractivity contribution in [3.63, 3.8) is 0 Å². The molecule has 0 aromatic heterocycles. The third kappa shape index (κ3) is 1.48. The van der Waals surface area contributed by atoms with E-state index in [9.17, 15) is 5.11 Å². The fourth-order valence-corrected chi connectivity index (χ4v) is 2.15. The molecule has 0 aliphatic carbocycles. The molecule has 2 heterocycles. The minimum atomic E-state index is -0.776. The van der Waals surface area contributed by atoms with E-state index in [1.54, 1.807) is 0 Å². The number of rotatable bonds is 1. The zero-order chi connectivity index (χ0) is 9.36. The lowest BCUT2D eigenvalue weighted by molar-refractivity contribution is -0.110. The Balaban J connectivity index is 2.11. The highest BCUT2D eigenvalue weighted by molar-refractivity contribution is 5.06. The molecule has 0 spiro atoms. The fraction of sp³-hybridized carbons (Fsp3) is 1.00. The van der Waals surface area contributed by atoms with Crippen molar-refractivity contribution in [1.29, 1.82) is 0 Å². The Bertz CT molecular complexity index is 183. The predicted molar refractivity (Wildman–Crippen MR) is 47.4 cm³/mol. The van der Waals surface area contributed by atoms with Crippen LogP contribution in [0.15, 0.2) is 0 Å². The number of nitrogens with two attached hydrogens (primary N) is 1. The molecule has 2 aliphatic heterocycles. The van der Waals surface area contributed by atoms with E-state index in [-0.39, 0.29) is 0 Å². The fourth-order valence-electron chi connectivity index (χ4n) is 2.15. The average molecular weight is 187 g/mol. The summed E-state index contributed by atoms with van der Waals surface area (Å²) in [5.74, 6) is 0. The van der Waals surface area contributed by atoms with Gasteiger partial charge >= 0.3 is 0 Å². The molecule has 1 atom stereocenters. The summed E-state index contributed by atoms with van der Waals surface area (Å²) in [7, 11) is 0. The number of ether oxygens (including phenoxy) is 2. The SMILES string of the molecule is NC1(C2(O)CCOCC2)CCOC1. The van der Waals surface area contributed by atoms with E-state index in [1.807, 2.05) is 0 Å². The minimum Gasteiger partial charge on any atom is -0.388 e. The van der Waals surface area contributed by atoms with Crippen LogP contribution in [0.5, 0.6) is 0 Å². The molecule has 0 aromatic carbocycles. The summed E-state index contributed by atoms with van der Waals surface area (Å²) in [5, 5.41) is 10.3. The van der Waals surface area contributed by atoms with Crippen molar-refractivity contribution in [2.45, 2.75) is 30.4 Å². The first-order chi connectivity index (χ1) is 6.16. The van der Waals surface area contributed by atoms with Crippen LogP contribution in [0.2, 0.25) is 0 Å². The largest absolute Gasteiger partial charge is 0.388 e. The second-order valence-electron chi connectivity index (χ2n) is 4.10. The summed E-state index contributed by atoms with van der Waals surface area (Å²) in [6.07, 6.45) is 2.02.